The fraction of sp³-hybridized carbons (Fsp3) is 1.00. The highest BCUT2D eigenvalue weighted by atomic mass is 16.5. The minimum absolute atomic E-state index is 0.0312. The summed E-state index contributed by atoms with van der Waals surface area (Å²) in [6.45, 7) is 21.1. The first-order valence-corrected chi connectivity index (χ1v) is 15.1. The van der Waals surface area contributed by atoms with Crippen LogP contribution in [-0.2, 0) is 9.47 Å². The number of aliphatic hydroxyl groups excluding tert-OH is 1. The predicted octanol–water partition coefficient (Wildman–Crippen LogP) is 8.39. The molecule has 208 valence electrons. The summed E-state index contributed by atoms with van der Waals surface area (Å²) < 4.78 is 12.0. The molecule has 0 aliphatic rings. The minimum atomic E-state index is -0.524. The molecule has 0 rings (SSSR count). The smallest absolute Gasteiger partial charge is 0.0979 e. The number of nitrogens with zero attached hydrogens (tertiary/aromatic N) is 1. The van der Waals surface area contributed by atoms with E-state index >= 15 is 0 Å². The summed E-state index contributed by atoms with van der Waals surface area (Å²) in [4.78, 5) is 2.35. The quantitative estimate of drug-likeness (QED) is 0.147. The molecule has 0 spiro atoms. The maximum atomic E-state index is 11.3. The molecule has 0 saturated heterocycles. The zero-order valence-electron chi connectivity index (χ0n) is 24.9. The van der Waals surface area contributed by atoms with E-state index in [1.165, 1.54) is 70.6 Å². The van der Waals surface area contributed by atoms with E-state index in [2.05, 4.69) is 46.4 Å². The molecule has 0 radical (unpaired) electrons. The summed E-state index contributed by atoms with van der Waals surface area (Å²) in [7, 11) is 0. The van der Waals surface area contributed by atoms with Crippen molar-refractivity contribution in [1.82, 2.24) is 4.90 Å². The highest BCUT2D eigenvalue weighted by Crippen LogP contribution is 2.20. The summed E-state index contributed by atoms with van der Waals surface area (Å²) >= 11 is 0. The molecule has 0 aromatic rings. The standard InChI is InChI=1S/C28H59NO3.C2H6/c1-8-11-12-13-14-15-16-17-18-19-20-21-22-27(31-10-3)28(30)26(23-32-25(6)7)29(9-2)24(4)5;1-2/h24-28,30H,8-23H2,1-7H3;1-2H3. The summed E-state index contributed by atoms with van der Waals surface area (Å²) in [6, 6.07) is 0.334. The van der Waals surface area contributed by atoms with Gasteiger partial charge >= 0.3 is 0 Å². The number of rotatable bonds is 23. The molecule has 0 heterocycles. The molecule has 0 aromatic heterocycles. The van der Waals surface area contributed by atoms with Crippen LogP contribution in [0.15, 0.2) is 0 Å². The van der Waals surface area contributed by atoms with Crippen LogP contribution in [0.2, 0.25) is 0 Å². The number of aliphatic hydroxyl groups is 1. The fourth-order valence-electron chi connectivity index (χ4n) is 4.67. The Bertz CT molecular complexity index is 389. The van der Waals surface area contributed by atoms with Gasteiger partial charge in [-0.25, -0.2) is 0 Å². The molecule has 0 fully saturated rings. The monoisotopic (exact) mass is 487 g/mol. The first kappa shape index (κ1) is 36.0. The summed E-state index contributed by atoms with van der Waals surface area (Å²) in [5.41, 5.74) is 0. The Kier molecular flexibility index (Phi) is 27.4. The molecular weight excluding hydrogens is 422 g/mol. The van der Waals surface area contributed by atoms with Gasteiger partial charge in [0.2, 0.25) is 0 Å². The molecule has 0 amide bonds. The van der Waals surface area contributed by atoms with E-state index in [-0.39, 0.29) is 18.2 Å². The molecule has 0 aliphatic heterocycles. The second-order valence-electron chi connectivity index (χ2n) is 10.0. The van der Waals surface area contributed by atoms with Gasteiger partial charge in [0, 0.05) is 12.6 Å². The Morgan fingerprint density at radius 2 is 1.15 bits per heavy atom. The van der Waals surface area contributed by atoms with Gasteiger partial charge in [0.15, 0.2) is 0 Å². The molecule has 0 saturated carbocycles. The van der Waals surface area contributed by atoms with Crippen molar-refractivity contribution in [1.29, 1.82) is 0 Å². The van der Waals surface area contributed by atoms with Gasteiger partial charge in [-0.15, -0.1) is 0 Å². The SMILES string of the molecule is CC.CCCCCCCCCCCCCCC(OCC)C(O)C(COC(C)C)N(CC)C(C)C. The van der Waals surface area contributed by atoms with Crippen molar-refractivity contribution in [2.45, 2.75) is 176 Å². The number of unbranched alkanes of at least 4 members (excludes halogenated alkanes) is 11. The second-order valence-corrected chi connectivity index (χ2v) is 10.0. The Balaban J connectivity index is 0. The first-order chi connectivity index (χ1) is 16.4. The van der Waals surface area contributed by atoms with Crippen molar-refractivity contribution in [2.75, 3.05) is 19.8 Å². The zero-order chi connectivity index (χ0) is 26.2. The maximum absolute atomic E-state index is 11.3. The number of likely N-dealkylation sites (N-methyl/N-ethyl adjacent to an activating group) is 1. The van der Waals surface area contributed by atoms with Crippen LogP contribution < -0.4 is 0 Å². The Morgan fingerprint density at radius 3 is 1.53 bits per heavy atom. The molecule has 1 N–H and O–H groups in total. The molecule has 34 heavy (non-hydrogen) atoms. The van der Waals surface area contributed by atoms with Crippen LogP contribution in [0, 0.1) is 0 Å². The van der Waals surface area contributed by atoms with Gasteiger partial charge in [-0.2, -0.15) is 0 Å². The lowest BCUT2D eigenvalue weighted by atomic mass is 9.97. The van der Waals surface area contributed by atoms with Crippen LogP contribution in [0.25, 0.3) is 0 Å². The van der Waals surface area contributed by atoms with E-state index in [0.29, 0.717) is 19.3 Å². The molecule has 0 aromatic carbocycles. The average Bonchev–Trinajstić information content (AvgIpc) is 2.82. The second kappa shape index (κ2) is 25.9. The van der Waals surface area contributed by atoms with Crippen molar-refractivity contribution in [3.05, 3.63) is 0 Å². The van der Waals surface area contributed by atoms with Gasteiger partial charge < -0.3 is 14.6 Å². The van der Waals surface area contributed by atoms with Gasteiger partial charge in [-0.1, -0.05) is 105 Å². The zero-order valence-corrected chi connectivity index (χ0v) is 24.9. The van der Waals surface area contributed by atoms with Crippen LogP contribution in [0.1, 0.15) is 146 Å². The van der Waals surface area contributed by atoms with Crippen LogP contribution in [0.5, 0.6) is 0 Å². The summed E-state index contributed by atoms with van der Waals surface area (Å²) in [5.74, 6) is 0. The lowest BCUT2D eigenvalue weighted by Gasteiger charge is -2.39. The van der Waals surface area contributed by atoms with E-state index in [4.69, 9.17) is 9.47 Å². The highest BCUT2D eigenvalue weighted by molar-refractivity contribution is 4.86. The lowest BCUT2D eigenvalue weighted by Crippen LogP contribution is -2.54. The largest absolute Gasteiger partial charge is 0.389 e. The van der Waals surface area contributed by atoms with Gasteiger partial charge in [-0.3, -0.25) is 4.90 Å². The number of hydrogen-bond donors (Lipinski definition) is 1. The molecule has 0 bridgehead atoms. The van der Waals surface area contributed by atoms with Gasteiger partial charge in [0.1, 0.15) is 0 Å². The third-order valence-electron chi connectivity index (χ3n) is 6.55. The Labute approximate surface area is 215 Å². The molecular formula is C30H65NO3. The van der Waals surface area contributed by atoms with Crippen molar-refractivity contribution in [3.63, 3.8) is 0 Å². The molecule has 4 nitrogen and oxygen atoms in total. The van der Waals surface area contributed by atoms with Crippen molar-refractivity contribution >= 4 is 0 Å². The summed E-state index contributed by atoms with van der Waals surface area (Å²) in [5, 5.41) is 11.3. The van der Waals surface area contributed by atoms with Gasteiger partial charge in [0.25, 0.3) is 0 Å². The van der Waals surface area contributed by atoms with E-state index in [1.54, 1.807) is 0 Å². The molecule has 3 atom stereocenters. The van der Waals surface area contributed by atoms with Crippen molar-refractivity contribution in [3.8, 4) is 0 Å². The van der Waals surface area contributed by atoms with E-state index < -0.39 is 6.10 Å². The molecule has 3 unspecified atom stereocenters. The normalized spacial score (nSPS) is 14.4. The number of ether oxygens (including phenoxy) is 2. The summed E-state index contributed by atoms with van der Waals surface area (Å²) in [6.07, 6.45) is 16.6. The predicted molar refractivity (Wildman–Crippen MR) is 151 cm³/mol. The topological polar surface area (TPSA) is 41.9 Å². The Morgan fingerprint density at radius 1 is 0.676 bits per heavy atom. The van der Waals surface area contributed by atoms with Crippen molar-refractivity contribution < 1.29 is 14.6 Å². The van der Waals surface area contributed by atoms with E-state index in [0.717, 1.165) is 19.4 Å². The van der Waals surface area contributed by atoms with Gasteiger partial charge in [-0.05, 0) is 47.6 Å². The number of hydrogen-bond acceptors (Lipinski definition) is 4. The molecule has 4 heteroatoms. The highest BCUT2D eigenvalue weighted by Gasteiger charge is 2.33. The third-order valence-corrected chi connectivity index (χ3v) is 6.55. The Hall–Kier alpha value is -0.160. The first-order valence-electron chi connectivity index (χ1n) is 15.1. The van der Waals surface area contributed by atoms with Crippen molar-refractivity contribution in [2.24, 2.45) is 0 Å². The van der Waals surface area contributed by atoms with E-state index in [9.17, 15) is 5.11 Å². The van der Waals surface area contributed by atoms with Gasteiger partial charge in [0.05, 0.1) is 31.0 Å². The lowest BCUT2D eigenvalue weighted by molar-refractivity contribution is -0.102. The van der Waals surface area contributed by atoms with E-state index in [1.807, 2.05) is 20.8 Å². The maximum Gasteiger partial charge on any atom is 0.0979 e. The van der Waals surface area contributed by atoms with Crippen LogP contribution in [0.3, 0.4) is 0 Å². The minimum Gasteiger partial charge on any atom is -0.389 e. The van der Waals surface area contributed by atoms with Crippen LogP contribution in [0.4, 0.5) is 0 Å². The third kappa shape index (κ3) is 19.1. The fourth-order valence-corrected chi connectivity index (χ4v) is 4.67. The van der Waals surface area contributed by atoms with Crippen LogP contribution in [-0.4, -0.2) is 60.2 Å². The average molecular weight is 488 g/mol. The molecule has 0 aliphatic carbocycles. The van der Waals surface area contributed by atoms with Crippen LogP contribution >= 0.6 is 0 Å².